The van der Waals surface area contributed by atoms with Crippen molar-refractivity contribution in [3.8, 4) is 6.07 Å². The number of carbonyl (C=O) groups excluding carboxylic acids is 1. The van der Waals surface area contributed by atoms with Gasteiger partial charge in [-0.3, -0.25) is 4.79 Å². The number of nitrogens with one attached hydrogen (secondary N) is 2. The van der Waals surface area contributed by atoms with Gasteiger partial charge in [0, 0.05) is 13.7 Å². The van der Waals surface area contributed by atoms with Crippen LogP contribution < -0.4 is 10.6 Å². The van der Waals surface area contributed by atoms with Crippen LogP contribution in [0.15, 0.2) is 18.2 Å². The third-order valence-electron chi connectivity index (χ3n) is 2.23. The maximum atomic E-state index is 11.7. The maximum Gasteiger partial charge on any atom is 0.242 e. The summed E-state index contributed by atoms with van der Waals surface area (Å²) in [5.74, 6) is 0.361. The molecule has 0 saturated heterocycles. The zero-order chi connectivity index (χ0) is 13.4. The molecule has 0 saturated carbocycles. The zero-order valence-corrected chi connectivity index (χ0v) is 10.4. The van der Waals surface area contributed by atoms with Crippen molar-refractivity contribution in [2.45, 2.75) is 13.0 Å². The number of carbonyl (C=O) groups is 1. The maximum absolute atomic E-state index is 11.7. The fourth-order valence-corrected chi connectivity index (χ4v) is 1.29. The van der Waals surface area contributed by atoms with Crippen molar-refractivity contribution < 1.29 is 9.53 Å². The summed E-state index contributed by atoms with van der Waals surface area (Å²) in [5.41, 5.74) is 0.312. The van der Waals surface area contributed by atoms with Crippen LogP contribution in [-0.2, 0) is 9.53 Å². The third-order valence-corrected chi connectivity index (χ3v) is 2.23. The Bertz CT molecular complexity index is 442. The van der Waals surface area contributed by atoms with Crippen molar-refractivity contribution in [1.82, 2.24) is 10.3 Å². The molecule has 0 aliphatic rings. The topological polar surface area (TPSA) is 87.0 Å². The summed E-state index contributed by atoms with van der Waals surface area (Å²) in [5, 5.41) is 14.4. The van der Waals surface area contributed by atoms with Gasteiger partial charge in [-0.2, -0.15) is 5.26 Å². The average Bonchev–Trinajstić information content (AvgIpc) is 2.39. The molecule has 1 aromatic rings. The first-order valence-electron chi connectivity index (χ1n) is 5.57. The summed E-state index contributed by atoms with van der Waals surface area (Å²) in [6.07, 6.45) is 0. The molecule has 0 aliphatic heterocycles. The van der Waals surface area contributed by atoms with E-state index in [0.29, 0.717) is 24.7 Å². The number of aromatic nitrogens is 1. The summed E-state index contributed by atoms with van der Waals surface area (Å²) in [6.45, 7) is 2.66. The van der Waals surface area contributed by atoms with E-state index in [0.717, 1.165) is 0 Å². The highest BCUT2D eigenvalue weighted by Crippen LogP contribution is 2.05. The summed E-state index contributed by atoms with van der Waals surface area (Å²) in [6, 6.07) is 6.54. The van der Waals surface area contributed by atoms with Gasteiger partial charge in [-0.1, -0.05) is 6.07 Å². The van der Waals surface area contributed by atoms with Gasteiger partial charge in [0.15, 0.2) is 0 Å². The van der Waals surface area contributed by atoms with Crippen molar-refractivity contribution in [2.75, 3.05) is 25.6 Å². The number of nitrogens with zero attached hydrogens (tertiary/aromatic N) is 2. The number of hydrogen-bond acceptors (Lipinski definition) is 5. The Labute approximate surface area is 106 Å². The number of ether oxygens (including phenoxy) is 1. The molecule has 1 heterocycles. The van der Waals surface area contributed by atoms with Gasteiger partial charge in [-0.25, -0.2) is 4.98 Å². The number of methoxy groups -OCH3 is 1. The summed E-state index contributed by atoms with van der Waals surface area (Å²) < 4.78 is 4.84. The van der Waals surface area contributed by atoms with Gasteiger partial charge in [-0.15, -0.1) is 0 Å². The summed E-state index contributed by atoms with van der Waals surface area (Å²) >= 11 is 0. The van der Waals surface area contributed by atoms with Gasteiger partial charge in [-0.05, 0) is 19.1 Å². The molecule has 0 fully saturated rings. The van der Waals surface area contributed by atoms with Crippen LogP contribution in [-0.4, -0.2) is 37.2 Å². The predicted octanol–water partition coefficient (Wildman–Crippen LogP) is 0.516. The van der Waals surface area contributed by atoms with E-state index in [9.17, 15) is 4.79 Å². The molecule has 6 heteroatoms. The van der Waals surface area contributed by atoms with Crippen LogP contribution in [0.4, 0.5) is 5.82 Å². The van der Waals surface area contributed by atoms with Crippen LogP contribution in [0.5, 0.6) is 0 Å². The van der Waals surface area contributed by atoms with Crippen LogP contribution in [0, 0.1) is 11.3 Å². The quantitative estimate of drug-likeness (QED) is 0.716. The molecule has 1 rings (SSSR count). The van der Waals surface area contributed by atoms with E-state index < -0.39 is 6.04 Å². The average molecular weight is 248 g/mol. The lowest BCUT2D eigenvalue weighted by Crippen LogP contribution is -2.39. The molecule has 0 bridgehead atoms. The Morgan fingerprint density at radius 2 is 2.39 bits per heavy atom. The SMILES string of the molecule is COCCNC(=O)C(C)Nc1cccc(C#N)n1. The van der Waals surface area contributed by atoms with Gasteiger partial charge in [0.1, 0.15) is 23.6 Å². The Hall–Kier alpha value is -2.13. The molecule has 0 radical (unpaired) electrons. The molecule has 1 atom stereocenters. The number of amides is 1. The third kappa shape index (κ3) is 4.39. The second-order valence-corrected chi connectivity index (χ2v) is 3.67. The smallest absolute Gasteiger partial charge is 0.242 e. The molecule has 0 aliphatic carbocycles. The molecule has 1 unspecified atom stereocenters. The van der Waals surface area contributed by atoms with Crippen LogP contribution in [0.1, 0.15) is 12.6 Å². The fourth-order valence-electron chi connectivity index (χ4n) is 1.29. The normalized spacial score (nSPS) is 11.4. The van der Waals surface area contributed by atoms with E-state index >= 15 is 0 Å². The minimum atomic E-state index is -0.428. The lowest BCUT2D eigenvalue weighted by atomic mass is 10.3. The molecule has 0 aromatic carbocycles. The monoisotopic (exact) mass is 248 g/mol. The van der Waals surface area contributed by atoms with Crippen LogP contribution >= 0.6 is 0 Å². The van der Waals surface area contributed by atoms with Crippen LogP contribution in [0.3, 0.4) is 0 Å². The number of nitriles is 1. The first kappa shape index (κ1) is 13.9. The van der Waals surface area contributed by atoms with E-state index in [4.69, 9.17) is 10.00 Å². The van der Waals surface area contributed by atoms with Crippen LogP contribution in [0.2, 0.25) is 0 Å². The largest absolute Gasteiger partial charge is 0.383 e. The van der Waals surface area contributed by atoms with Gasteiger partial charge in [0.2, 0.25) is 5.91 Å². The zero-order valence-electron chi connectivity index (χ0n) is 10.4. The van der Waals surface area contributed by atoms with Crippen molar-refractivity contribution >= 4 is 11.7 Å². The summed E-state index contributed by atoms with van der Waals surface area (Å²) in [4.78, 5) is 15.7. The number of hydrogen-bond donors (Lipinski definition) is 2. The Kier molecular flexibility index (Phi) is 5.61. The molecular formula is C12H16N4O2. The van der Waals surface area contributed by atoms with Gasteiger partial charge < -0.3 is 15.4 Å². The molecule has 6 nitrogen and oxygen atoms in total. The van der Waals surface area contributed by atoms with Crippen molar-refractivity contribution in [2.24, 2.45) is 0 Å². The van der Waals surface area contributed by atoms with Crippen LogP contribution in [0.25, 0.3) is 0 Å². The molecule has 2 N–H and O–H groups in total. The fraction of sp³-hybridized carbons (Fsp3) is 0.417. The lowest BCUT2D eigenvalue weighted by Gasteiger charge is -2.14. The Balaban J connectivity index is 2.50. The van der Waals surface area contributed by atoms with E-state index in [-0.39, 0.29) is 5.91 Å². The lowest BCUT2D eigenvalue weighted by molar-refractivity contribution is -0.121. The molecule has 0 spiro atoms. The number of pyridine rings is 1. The molecule has 1 amide bonds. The first-order chi connectivity index (χ1) is 8.67. The second kappa shape index (κ2) is 7.25. The van der Waals surface area contributed by atoms with E-state index in [1.165, 1.54) is 0 Å². The second-order valence-electron chi connectivity index (χ2n) is 3.67. The highest BCUT2D eigenvalue weighted by atomic mass is 16.5. The standard InChI is InChI=1S/C12H16N4O2/c1-9(12(17)14-6-7-18-2)15-11-5-3-4-10(8-13)16-11/h3-5,9H,6-7H2,1-2H3,(H,14,17)(H,15,16). The van der Waals surface area contributed by atoms with Gasteiger partial charge in [0.05, 0.1) is 6.61 Å². The minimum Gasteiger partial charge on any atom is -0.383 e. The van der Waals surface area contributed by atoms with Crippen molar-refractivity contribution in [1.29, 1.82) is 5.26 Å². The number of rotatable bonds is 6. The van der Waals surface area contributed by atoms with E-state index in [2.05, 4.69) is 15.6 Å². The minimum absolute atomic E-state index is 0.142. The highest BCUT2D eigenvalue weighted by Gasteiger charge is 2.12. The summed E-state index contributed by atoms with van der Waals surface area (Å²) in [7, 11) is 1.57. The highest BCUT2D eigenvalue weighted by molar-refractivity contribution is 5.83. The number of anilines is 1. The first-order valence-corrected chi connectivity index (χ1v) is 5.57. The van der Waals surface area contributed by atoms with Gasteiger partial charge in [0.25, 0.3) is 0 Å². The Morgan fingerprint density at radius 3 is 3.06 bits per heavy atom. The molecule has 96 valence electrons. The van der Waals surface area contributed by atoms with Gasteiger partial charge >= 0.3 is 0 Å². The Morgan fingerprint density at radius 1 is 1.61 bits per heavy atom. The van der Waals surface area contributed by atoms with E-state index in [1.807, 2.05) is 6.07 Å². The van der Waals surface area contributed by atoms with Crippen molar-refractivity contribution in [3.05, 3.63) is 23.9 Å². The molecule has 18 heavy (non-hydrogen) atoms. The van der Waals surface area contributed by atoms with Crippen molar-refractivity contribution in [3.63, 3.8) is 0 Å². The predicted molar refractivity (Wildman–Crippen MR) is 66.9 cm³/mol. The molecular weight excluding hydrogens is 232 g/mol. The molecule has 1 aromatic heterocycles. The van der Waals surface area contributed by atoms with E-state index in [1.54, 1.807) is 32.2 Å².